The van der Waals surface area contributed by atoms with E-state index in [9.17, 15) is 14.4 Å². The van der Waals surface area contributed by atoms with Gasteiger partial charge >= 0.3 is 0 Å². The first-order valence-electron chi connectivity index (χ1n) is 9.72. The van der Waals surface area contributed by atoms with E-state index < -0.39 is 0 Å². The van der Waals surface area contributed by atoms with Crippen LogP contribution in [0.25, 0.3) is 10.9 Å². The van der Waals surface area contributed by atoms with Crippen LogP contribution >= 0.6 is 0 Å². The summed E-state index contributed by atoms with van der Waals surface area (Å²) in [5.41, 5.74) is 2.06. The highest BCUT2D eigenvalue weighted by Crippen LogP contribution is 2.13. The number of aromatic nitrogens is 2. The van der Waals surface area contributed by atoms with E-state index in [2.05, 4.69) is 9.97 Å². The summed E-state index contributed by atoms with van der Waals surface area (Å²) in [4.78, 5) is 46.3. The number of hydrogen-bond donors (Lipinski definition) is 1. The van der Waals surface area contributed by atoms with Gasteiger partial charge in [-0.2, -0.15) is 0 Å². The maximum absolute atomic E-state index is 12.8. The molecule has 0 aliphatic heterocycles. The summed E-state index contributed by atoms with van der Waals surface area (Å²) in [6.45, 7) is 5.95. The summed E-state index contributed by atoms with van der Waals surface area (Å²) >= 11 is 0. The summed E-state index contributed by atoms with van der Waals surface area (Å²) in [7, 11) is 0. The van der Waals surface area contributed by atoms with Crippen molar-refractivity contribution >= 4 is 22.6 Å². The topological polar surface area (TPSA) is 83.1 Å². The summed E-state index contributed by atoms with van der Waals surface area (Å²) in [5, 5.41) is 0.516. The molecule has 0 saturated carbocycles. The first kappa shape index (κ1) is 20.5. The van der Waals surface area contributed by atoms with Gasteiger partial charge in [-0.3, -0.25) is 14.4 Å². The van der Waals surface area contributed by atoms with Crippen molar-refractivity contribution in [3.05, 3.63) is 75.8 Å². The molecule has 0 spiro atoms. The fourth-order valence-corrected chi connectivity index (χ4v) is 3.18. The molecule has 0 saturated heterocycles. The first-order chi connectivity index (χ1) is 13.8. The molecule has 1 amide bonds. The number of nitrogens with zero attached hydrogens (tertiary/aromatic N) is 2. The number of Topliss-reactive ketones (excluding diaryl/α,β-unsaturated/α-hetero) is 1. The first-order valence-corrected chi connectivity index (χ1v) is 9.72. The third-order valence-electron chi connectivity index (χ3n) is 4.87. The second-order valence-corrected chi connectivity index (χ2v) is 7.43. The Balaban J connectivity index is 1.71. The van der Waals surface area contributed by atoms with E-state index in [0.717, 1.165) is 5.56 Å². The number of ketones is 1. The number of carbonyl (C=O) groups excluding carboxylic acids is 2. The van der Waals surface area contributed by atoms with Crippen molar-refractivity contribution in [3.8, 4) is 0 Å². The smallest absolute Gasteiger partial charge is 0.258 e. The monoisotopic (exact) mass is 391 g/mol. The quantitative estimate of drug-likeness (QED) is 0.624. The van der Waals surface area contributed by atoms with Gasteiger partial charge in [0.05, 0.1) is 17.4 Å². The summed E-state index contributed by atoms with van der Waals surface area (Å²) < 4.78 is 0. The lowest BCUT2D eigenvalue weighted by Gasteiger charge is -2.26. The number of amides is 1. The Labute approximate surface area is 169 Å². The average molecular weight is 391 g/mol. The molecule has 0 fully saturated rings. The number of aryl methyl sites for hydroxylation is 1. The van der Waals surface area contributed by atoms with E-state index >= 15 is 0 Å². The SMILES string of the molecule is Cc1ccc(C(=O)CCC(=O)N(Cc2nc3ccccc3c(=O)[nH]2)C(C)C)cc1. The second kappa shape index (κ2) is 8.82. The number of carbonyl (C=O) groups is 2. The predicted molar refractivity (Wildman–Crippen MR) is 113 cm³/mol. The summed E-state index contributed by atoms with van der Waals surface area (Å²) in [5.74, 6) is 0.233. The van der Waals surface area contributed by atoms with Crippen LogP contribution in [0.2, 0.25) is 0 Å². The van der Waals surface area contributed by atoms with Gasteiger partial charge in [0.1, 0.15) is 5.82 Å². The van der Waals surface area contributed by atoms with Gasteiger partial charge in [-0.25, -0.2) is 4.98 Å². The highest BCUT2D eigenvalue weighted by atomic mass is 16.2. The standard InChI is InChI=1S/C23H25N3O3/c1-15(2)26(14-21-24-19-7-5-4-6-18(19)23(29)25-21)22(28)13-12-20(27)17-10-8-16(3)9-11-17/h4-11,15H,12-14H2,1-3H3,(H,24,25,29). The van der Waals surface area contributed by atoms with E-state index in [1.807, 2.05) is 39.0 Å². The molecule has 1 aromatic heterocycles. The van der Waals surface area contributed by atoms with Gasteiger partial charge in [0.15, 0.2) is 5.78 Å². The van der Waals surface area contributed by atoms with Gasteiger partial charge in [0.25, 0.3) is 5.56 Å². The average Bonchev–Trinajstić information content (AvgIpc) is 2.70. The number of fused-ring (bicyclic) bond motifs is 1. The number of rotatable bonds is 7. The summed E-state index contributed by atoms with van der Waals surface area (Å²) in [6.07, 6.45) is 0.259. The molecule has 0 aliphatic rings. The fraction of sp³-hybridized carbons (Fsp3) is 0.304. The number of para-hydroxylation sites is 1. The zero-order valence-corrected chi connectivity index (χ0v) is 16.9. The predicted octanol–water partition coefficient (Wildman–Crippen LogP) is 3.63. The Morgan fingerprint density at radius 2 is 1.72 bits per heavy atom. The van der Waals surface area contributed by atoms with Gasteiger partial charge in [-0.15, -0.1) is 0 Å². The van der Waals surface area contributed by atoms with Crippen molar-refractivity contribution in [1.82, 2.24) is 14.9 Å². The lowest BCUT2D eigenvalue weighted by atomic mass is 10.0. The lowest BCUT2D eigenvalue weighted by Crippen LogP contribution is -2.37. The minimum Gasteiger partial charge on any atom is -0.333 e. The molecule has 1 N–H and O–H groups in total. The van der Waals surface area contributed by atoms with Crippen molar-refractivity contribution in [1.29, 1.82) is 0 Å². The number of hydrogen-bond acceptors (Lipinski definition) is 4. The van der Waals surface area contributed by atoms with Crippen molar-refractivity contribution in [3.63, 3.8) is 0 Å². The zero-order valence-electron chi connectivity index (χ0n) is 16.9. The minimum atomic E-state index is -0.226. The van der Waals surface area contributed by atoms with Crippen molar-refractivity contribution in [2.75, 3.05) is 0 Å². The minimum absolute atomic E-state index is 0.0562. The van der Waals surface area contributed by atoms with Crippen LogP contribution in [-0.4, -0.2) is 32.6 Å². The normalized spacial score (nSPS) is 11.0. The maximum atomic E-state index is 12.8. The Morgan fingerprint density at radius 3 is 2.41 bits per heavy atom. The number of aromatic amines is 1. The van der Waals surface area contributed by atoms with Gasteiger partial charge in [-0.05, 0) is 32.9 Å². The Kier molecular flexibility index (Phi) is 6.22. The van der Waals surface area contributed by atoms with E-state index in [0.29, 0.717) is 22.3 Å². The van der Waals surface area contributed by atoms with Crippen LogP contribution in [0.4, 0.5) is 0 Å². The molecular formula is C23H25N3O3. The molecule has 6 heteroatoms. The third-order valence-corrected chi connectivity index (χ3v) is 4.87. The van der Waals surface area contributed by atoms with Crippen molar-refractivity contribution < 1.29 is 9.59 Å². The largest absolute Gasteiger partial charge is 0.333 e. The number of benzene rings is 2. The molecule has 0 unspecified atom stereocenters. The van der Waals surface area contributed by atoms with Crippen LogP contribution in [0, 0.1) is 6.92 Å². The molecule has 6 nitrogen and oxygen atoms in total. The van der Waals surface area contributed by atoms with E-state index in [1.165, 1.54) is 0 Å². The van der Waals surface area contributed by atoms with Crippen LogP contribution in [0.1, 0.15) is 48.4 Å². The molecule has 0 aliphatic carbocycles. The molecular weight excluding hydrogens is 366 g/mol. The van der Waals surface area contributed by atoms with E-state index in [4.69, 9.17) is 0 Å². The van der Waals surface area contributed by atoms with Crippen LogP contribution in [0.3, 0.4) is 0 Å². The van der Waals surface area contributed by atoms with Crippen LogP contribution in [-0.2, 0) is 11.3 Å². The van der Waals surface area contributed by atoms with E-state index in [-0.39, 0.29) is 42.7 Å². The van der Waals surface area contributed by atoms with Crippen molar-refractivity contribution in [2.45, 2.75) is 46.2 Å². The number of nitrogens with one attached hydrogen (secondary N) is 1. The highest BCUT2D eigenvalue weighted by molar-refractivity contribution is 5.98. The summed E-state index contributed by atoms with van der Waals surface area (Å²) in [6, 6.07) is 14.3. The van der Waals surface area contributed by atoms with Gasteiger partial charge in [0, 0.05) is 24.4 Å². The van der Waals surface area contributed by atoms with Crippen molar-refractivity contribution in [2.24, 2.45) is 0 Å². The molecule has 3 aromatic rings. The molecule has 0 radical (unpaired) electrons. The lowest BCUT2D eigenvalue weighted by molar-refractivity contribution is -0.133. The fourth-order valence-electron chi connectivity index (χ4n) is 3.18. The molecule has 3 rings (SSSR count). The molecule has 0 atom stereocenters. The maximum Gasteiger partial charge on any atom is 0.258 e. The van der Waals surface area contributed by atoms with Crippen LogP contribution in [0.5, 0.6) is 0 Å². The van der Waals surface area contributed by atoms with Gasteiger partial charge < -0.3 is 9.88 Å². The highest BCUT2D eigenvalue weighted by Gasteiger charge is 2.20. The third kappa shape index (κ3) is 4.96. The van der Waals surface area contributed by atoms with E-state index in [1.54, 1.807) is 35.2 Å². The Hall–Kier alpha value is -3.28. The van der Waals surface area contributed by atoms with Gasteiger partial charge in [0.2, 0.25) is 5.91 Å². The van der Waals surface area contributed by atoms with Gasteiger partial charge in [-0.1, -0.05) is 42.0 Å². The van der Waals surface area contributed by atoms with Crippen LogP contribution < -0.4 is 5.56 Å². The zero-order chi connectivity index (χ0) is 21.0. The molecule has 2 aromatic carbocycles. The molecule has 1 heterocycles. The number of H-pyrrole nitrogens is 1. The van der Waals surface area contributed by atoms with Crippen LogP contribution in [0.15, 0.2) is 53.3 Å². The molecule has 150 valence electrons. The Morgan fingerprint density at radius 1 is 1.03 bits per heavy atom. The Bertz CT molecular complexity index is 1080. The second-order valence-electron chi connectivity index (χ2n) is 7.43. The molecule has 29 heavy (non-hydrogen) atoms. The molecule has 0 bridgehead atoms.